The number of amides is 1. The minimum atomic E-state index is -0.423. The number of allylic oxidation sites excluding steroid dienone is 5. The van der Waals surface area contributed by atoms with Crippen molar-refractivity contribution in [2.24, 2.45) is 35.0 Å². The summed E-state index contributed by atoms with van der Waals surface area (Å²) in [6, 6.07) is 0. The molecule has 26 heavy (non-hydrogen) atoms. The molecule has 4 fully saturated rings. The van der Waals surface area contributed by atoms with Gasteiger partial charge in [0.05, 0.1) is 5.91 Å². The van der Waals surface area contributed by atoms with Gasteiger partial charge in [0.1, 0.15) is 0 Å². The molecule has 0 aromatic heterocycles. The third kappa shape index (κ3) is 2.91. The molecule has 0 aromatic rings. The summed E-state index contributed by atoms with van der Waals surface area (Å²) in [6.45, 7) is 13.4. The molecule has 6 atom stereocenters. The molecule has 141 valence electrons. The van der Waals surface area contributed by atoms with Crippen molar-refractivity contribution < 1.29 is 51.3 Å². The summed E-state index contributed by atoms with van der Waals surface area (Å²) in [5.41, 5.74) is 14.8. The Kier molecular flexibility index (Phi) is 7.19. The molecule has 0 aliphatic heterocycles. The van der Waals surface area contributed by atoms with Crippen LogP contribution in [-0.4, -0.2) is 5.91 Å². The predicted molar refractivity (Wildman–Crippen MR) is 93.6 cm³/mol. The maximum atomic E-state index is 12.5. The number of halogens is 2. The van der Waals surface area contributed by atoms with E-state index in [0.717, 1.165) is 12.8 Å². The molecule has 0 heterocycles. The average molecular weight is 429 g/mol. The molecule has 5 heteroatoms. The van der Waals surface area contributed by atoms with Crippen molar-refractivity contribution in [3.63, 3.8) is 0 Å². The van der Waals surface area contributed by atoms with Crippen LogP contribution in [0.5, 0.6) is 0 Å². The summed E-state index contributed by atoms with van der Waals surface area (Å²) in [6.07, 6.45) is 4.23. The van der Waals surface area contributed by atoms with Crippen molar-refractivity contribution >= 4 is 5.91 Å². The van der Waals surface area contributed by atoms with E-state index in [-0.39, 0.29) is 58.4 Å². The maximum Gasteiger partial charge on any atom is 3.00 e. The summed E-state index contributed by atoms with van der Waals surface area (Å²) in [4.78, 5) is 12.5. The van der Waals surface area contributed by atoms with Crippen LogP contribution in [0.15, 0.2) is 34.4 Å². The third-order valence-electron chi connectivity index (χ3n) is 7.96. The Hall–Kier alpha value is -0.0157. The maximum absolute atomic E-state index is 12.5. The second-order valence-corrected chi connectivity index (χ2v) is 8.70. The molecule has 4 saturated carbocycles. The van der Waals surface area contributed by atoms with Crippen LogP contribution in [0.2, 0.25) is 0 Å². The fourth-order valence-corrected chi connectivity index (χ4v) is 6.61. The molecular formula is C21H28Cl2NOTi. The first kappa shape index (κ1) is 24.0. The van der Waals surface area contributed by atoms with E-state index in [9.17, 15) is 4.79 Å². The summed E-state index contributed by atoms with van der Waals surface area (Å²) in [7, 11) is 0. The SMILES string of the molecule is C=C1C2CC3CC1C(C1=C(C)C(C)=C(C)C1C)C(C([NH-])=O)(C3)C2.[Cl-].[Cl-].[Ti+3]. The fourth-order valence-electron chi connectivity index (χ4n) is 6.61. The quantitative estimate of drug-likeness (QED) is 0.431. The van der Waals surface area contributed by atoms with Gasteiger partial charge in [-0.15, -0.1) is 0 Å². The zero-order chi connectivity index (χ0) is 16.7. The molecule has 1 amide bonds. The molecule has 1 radical (unpaired) electrons. The van der Waals surface area contributed by atoms with Crippen molar-refractivity contribution in [1.29, 1.82) is 0 Å². The summed E-state index contributed by atoms with van der Waals surface area (Å²) < 4.78 is 0. The zero-order valence-electron chi connectivity index (χ0n) is 16.1. The Morgan fingerprint density at radius 2 is 1.73 bits per heavy atom. The molecule has 5 rings (SSSR count). The van der Waals surface area contributed by atoms with Gasteiger partial charge in [-0.05, 0) is 87.2 Å². The molecule has 0 aromatic carbocycles. The van der Waals surface area contributed by atoms with E-state index < -0.39 is 5.41 Å². The van der Waals surface area contributed by atoms with E-state index in [1.54, 1.807) is 0 Å². The minimum absolute atomic E-state index is 0. The Bertz CT molecular complexity index is 698. The summed E-state index contributed by atoms with van der Waals surface area (Å²) in [5, 5.41) is 0. The third-order valence-corrected chi connectivity index (χ3v) is 7.96. The molecule has 1 N–H and O–H groups in total. The molecule has 5 aliphatic carbocycles. The number of carbonyl (C=O) groups excluding carboxylic acids is 1. The first-order chi connectivity index (χ1) is 10.8. The average Bonchev–Trinajstić information content (AvgIpc) is 2.69. The molecule has 2 nitrogen and oxygen atoms in total. The smallest absolute Gasteiger partial charge is 1.00 e. The van der Waals surface area contributed by atoms with E-state index in [4.69, 9.17) is 5.73 Å². The number of hydrogen-bond acceptors (Lipinski definition) is 1. The normalized spacial score (nSPS) is 40.2. The topological polar surface area (TPSA) is 40.9 Å². The number of hydrogen-bond donors (Lipinski definition) is 0. The largest absolute Gasteiger partial charge is 3.00 e. The van der Waals surface area contributed by atoms with E-state index in [0.29, 0.717) is 23.7 Å². The van der Waals surface area contributed by atoms with E-state index in [2.05, 4.69) is 34.3 Å². The number of carbonyl (C=O) groups is 1. The first-order valence-electron chi connectivity index (χ1n) is 9.11. The van der Waals surface area contributed by atoms with Crippen molar-refractivity contribution in [3.05, 3.63) is 40.2 Å². The van der Waals surface area contributed by atoms with Crippen LogP contribution in [0.1, 0.15) is 53.4 Å². The van der Waals surface area contributed by atoms with Crippen LogP contribution in [0.4, 0.5) is 0 Å². The molecule has 6 unspecified atom stereocenters. The van der Waals surface area contributed by atoms with Crippen LogP contribution in [0.25, 0.3) is 5.73 Å². The van der Waals surface area contributed by atoms with Gasteiger partial charge in [0.25, 0.3) is 0 Å². The second-order valence-electron chi connectivity index (χ2n) is 8.70. The van der Waals surface area contributed by atoms with Gasteiger partial charge in [0.2, 0.25) is 0 Å². The Balaban J connectivity index is 0.00000113. The van der Waals surface area contributed by atoms with E-state index in [1.165, 1.54) is 40.7 Å². The van der Waals surface area contributed by atoms with Gasteiger partial charge in [0.15, 0.2) is 0 Å². The van der Waals surface area contributed by atoms with Crippen LogP contribution in [0, 0.1) is 35.0 Å². The molecule has 5 aliphatic rings. The van der Waals surface area contributed by atoms with E-state index >= 15 is 0 Å². The van der Waals surface area contributed by atoms with Gasteiger partial charge in [-0.1, -0.05) is 30.2 Å². The van der Waals surface area contributed by atoms with Gasteiger partial charge < -0.3 is 35.3 Å². The predicted octanol–water partition coefficient (Wildman–Crippen LogP) is -0.518. The van der Waals surface area contributed by atoms with Gasteiger partial charge in [-0.2, -0.15) is 0 Å². The van der Waals surface area contributed by atoms with Crippen LogP contribution in [0.3, 0.4) is 0 Å². The second kappa shape index (κ2) is 7.78. The summed E-state index contributed by atoms with van der Waals surface area (Å²) in [5.74, 6) is 1.91. The molecule has 0 saturated heterocycles. The van der Waals surface area contributed by atoms with Gasteiger partial charge in [-0.25, -0.2) is 0 Å². The first-order valence-corrected chi connectivity index (χ1v) is 9.11. The van der Waals surface area contributed by atoms with Crippen molar-refractivity contribution in [1.82, 2.24) is 0 Å². The molecule has 0 spiro atoms. The van der Waals surface area contributed by atoms with Crippen molar-refractivity contribution in [2.75, 3.05) is 0 Å². The molecular weight excluding hydrogens is 401 g/mol. The fraction of sp³-hybridized carbons (Fsp3) is 0.667. The Morgan fingerprint density at radius 1 is 1.12 bits per heavy atom. The van der Waals surface area contributed by atoms with Gasteiger partial charge in [-0.3, -0.25) is 0 Å². The monoisotopic (exact) mass is 428 g/mol. The minimum Gasteiger partial charge on any atom is -1.00 e. The van der Waals surface area contributed by atoms with Crippen LogP contribution in [-0.2, 0) is 26.5 Å². The number of nitrogens with one attached hydrogen (secondary N) is 1. The standard InChI is InChI=1S/C21H29NO.2ClH.Ti/c1-10-11(2)13(4)18(12(10)3)19-17-7-15-6-16(14(17)5)9-21(19,8-15)20(22)23;;;/h12,15-17,19H,5-9H2,1-4H3,(H2,22,23);2*1H;/q;;;+3/p-3. The van der Waals surface area contributed by atoms with Crippen molar-refractivity contribution in [3.8, 4) is 0 Å². The van der Waals surface area contributed by atoms with Crippen LogP contribution < -0.4 is 24.8 Å². The molecule has 4 bridgehead atoms. The number of rotatable bonds is 2. The zero-order valence-corrected chi connectivity index (χ0v) is 19.2. The van der Waals surface area contributed by atoms with Crippen LogP contribution >= 0.6 is 0 Å². The summed E-state index contributed by atoms with van der Waals surface area (Å²) >= 11 is 0. The van der Waals surface area contributed by atoms with E-state index in [1.807, 2.05) is 0 Å². The van der Waals surface area contributed by atoms with Gasteiger partial charge >= 0.3 is 21.7 Å². The Morgan fingerprint density at radius 3 is 2.23 bits per heavy atom. The van der Waals surface area contributed by atoms with Gasteiger partial charge in [0, 0.05) is 5.41 Å². The van der Waals surface area contributed by atoms with Crippen molar-refractivity contribution in [2.45, 2.75) is 53.4 Å². The Labute approximate surface area is 185 Å².